The van der Waals surface area contributed by atoms with E-state index in [4.69, 9.17) is 9.47 Å². The first-order valence-electron chi connectivity index (χ1n) is 7.21. The van der Waals surface area contributed by atoms with E-state index in [0.717, 1.165) is 17.5 Å². The fraction of sp³-hybridized carbons (Fsp3) is 0.211. The topological polar surface area (TPSA) is 55.8 Å². The Kier molecular flexibility index (Phi) is 8.00. The van der Waals surface area contributed by atoms with E-state index in [9.17, 15) is 9.90 Å². The molecule has 0 radical (unpaired) electrons. The molecule has 0 fully saturated rings. The van der Waals surface area contributed by atoms with Crippen molar-refractivity contribution in [1.82, 2.24) is 0 Å². The van der Waals surface area contributed by atoms with Gasteiger partial charge in [0.15, 0.2) is 11.5 Å². The SMILES string of the molecule is C=CCc1ccc(O)c(OC)c1.CC(=O)OCc1ccccc1. The number of hydrogen-bond acceptors (Lipinski definition) is 4. The molecule has 0 unspecified atom stereocenters. The Balaban J connectivity index is 0.000000231. The van der Waals surface area contributed by atoms with Crippen molar-refractivity contribution in [2.75, 3.05) is 7.11 Å². The van der Waals surface area contributed by atoms with Crippen LogP contribution in [0.5, 0.6) is 11.5 Å². The normalized spacial score (nSPS) is 9.30. The van der Waals surface area contributed by atoms with E-state index >= 15 is 0 Å². The van der Waals surface area contributed by atoms with Gasteiger partial charge in [-0.3, -0.25) is 4.79 Å². The highest BCUT2D eigenvalue weighted by Gasteiger charge is 2.00. The van der Waals surface area contributed by atoms with Gasteiger partial charge in [0.2, 0.25) is 0 Å². The van der Waals surface area contributed by atoms with Crippen LogP contribution in [0.3, 0.4) is 0 Å². The molecule has 0 atom stereocenters. The summed E-state index contributed by atoms with van der Waals surface area (Å²) in [5.41, 5.74) is 2.10. The van der Waals surface area contributed by atoms with Crippen LogP contribution in [0.2, 0.25) is 0 Å². The summed E-state index contributed by atoms with van der Waals surface area (Å²) in [5, 5.41) is 9.25. The van der Waals surface area contributed by atoms with Crippen LogP contribution in [0, 0.1) is 0 Å². The van der Waals surface area contributed by atoms with Crippen molar-refractivity contribution in [2.45, 2.75) is 20.0 Å². The molecule has 0 aromatic heterocycles. The number of phenolic OH excluding ortho intramolecular Hbond substituents is 1. The first-order valence-corrected chi connectivity index (χ1v) is 7.21. The lowest BCUT2D eigenvalue weighted by Gasteiger charge is -2.04. The standard InChI is InChI=1S/C10H12O2.C9H10O2/c1-3-4-8-5-6-9(11)10(7-8)12-2;1-8(10)11-7-9-5-3-2-4-6-9/h3,5-7,11H,1,4H2,2H3;2-6H,7H2,1H3. The van der Waals surface area contributed by atoms with Crippen LogP contribution in [0.1, 0.15) is 18.1 Å². The van der Waals surface area contributed by atoms with E-state index in [2.05, 4.69) is 6.58 Å². The minimum Gasteiger partial charge on any atom is -0.504 e. The summed E-state index contributed by atoms with van der Waals surface area (Å²) in [6.07, 6.45) is 2.60. The largest absolute Gasteiger partial charge is 0.504 e. The number of aromatic hydroxyl groups is 1. The number of hydrogen-bond donors (Lipinski definition) is 1. The Bertz CT molecular complexity index is 621. The summed E-state index contributed by atoms with van der Waals surface area (Å²) in [5.74, 6) is 0.438. The molecule has 0 aliphatic rings. The summed E-state index contributed by atoms with van der Waals surface area (Å²) in [6, 6.07) is 14.9. The highest BCUT2D eigenvalue weighted by atomic mass is 16.5. The van der Waals surface area contributed by atoms with Crippen molar-refractivity contribution >= 4 is 5.97 Å². The lowest BCUT2D eigenvalue weighted by Crippen LogP contribution is -1.97. The van der Waals surface area contributed by atoms with Gasteiger partial charge in [0.1, 0.15) is 6.61 Å². The predicted molar refractivity (Wildman–Crippen MR) is 90.5 cm³/mol. The fourth-order valence-corrected chi connectivity index (χ4v) is 1.77. The van der Waals surface area contributed by atoms with Crippen molar-refractivity contribution in [3.05, 3.63) is 72.3 Å². The molecular formula is C19H22O4. The van der Waals surface area contributed by atoms with E-state index in [1.165, 1.54) is 14.0 Å². The van der Waals surface area contributed by atoms with Gasteiger partial charge in [-0.1, -0.05) is 42.5 Å². The van der Waals surface area contributed by atoms with Gasteiger partial charge in [-0.2, -0.15) is 0 Å². The third-order valence-corrected chi connectivity index (χ3v) is 2.91. The number of rotatable bonds is 5. The molecule has 2 aromatic carbocycles. The van der Waals surface area contributed by atoms with Gasteiger partial charge in [-0.05, 0) is 29.7 Å². The number of phenols is 1. The van der Waals surface area contributed by atoms with E-state index in [-0.39, 0.29) is 11.7 Å². The summed E-state index contributed by atoms with van der Waals surface area (Å²) in [7, 11) is 1.53. The molecule has 0 saturated carbocycles. The molecule has 2 rings (SSSR count). The van der Waals surface area contributed by atoms with E-state index in [1.807, 2.05) is 42.5 Å². The van der Waals surface area contributed by atoms with Gasteiger partial charge in [0, 0.05) is 6.92 Å². The number of esters is 1. The Morgan fingerprint density at radius 2 is 1.87 bits per heavy atom. The molecular weight excluding hydrogens is 292 g/mol. The molecule has 4 nitrogen and oxygen atoms in total. The number of benzene rings is 2. The maximum absolute atomic E-state index is 10.4. The van der Waals surface area contributed by atoms with E-state index < -0.39 is 0 Å². The summed E-state index contributed by atoms with van der Waals surface area (Å²) in [6.45, 7) is 5.41. The molecule has 0 bridgehead atoms. The molecule has 0 aliphatic carbocycles. The highest BCUT2D eigenvalue weighted by Crippen LogP contribution is 2.26. The van der Waals surface area contributed by atoms with E-state index in [0.29, 0.717) is 12.4 Å². The highest BCUT2D eigenvalue weighted by molar-refractivity contribution is 5.65. The molecule has 1 N–H and O–H groups in total. The fourth-order valence-electron chi connectivity index (χ4n) is 1.77. The Morgan fingerprint density at radius 1 is 1.17 bits per heavy atom. The monoisotopic (exact) mass is 314 g/mol. The van der Waals surface area contributed by atoms with Crippen LogP contribution in [0.4, 0.5) is 0 Å². The molecule has 0 spiro atoms. The molecule has 0 amide bonds. The van der Waals surface area contributed by atoms with Gasteiger partial charge in [-0.25, -0.2) is 0 Å². The second-order valence-electron chi connectivity index (χ2n) is 4.76. The van der Waals surface area contributed by atoms with Crippen LogP contribution in [-0.4, -0.2) is 18.2 Å². The third kappa shape index (κ3) is 7.18. The van der Waals surface area contributed by atoms with Gasteiger partial charge >= 0.3 is 5.97 Å². The van der Waals surface area contributed by atoms with E-state index in [1.54, 1.807) is 12.1 Å². The van der Waals surface area contributed by atoms with Crippen LogP contribution < -0.4 is 4.74 Å². The Labute approximate surface area is 137 Å². The number of carbonyl (C=O) groups is 1. The lowest BCUT2D eigenvalue weighted by molar-refractivity contribution is -0.142. The smallest absolute Gasteiger partial charge is 0.302 e. The number of ether oxygens (including phenoxy) is 2. The minimum atomic E-state index is -0.242. The van der Waals surface area contributed by atoms with Crippen molar-refractivity contribution in [3.63, 3.8) is 0 Å². The minimum absolute atomic E-state index is 0.172. The Hall–Kier alpha value is -2.75. The maximum atomic E-state index is 10.4. The van der Waals surface area contributed by atoms with Gasteiger partial charge in [-0.15, -0.1) is 6.58 Å². The van der Waals surface area contributed by atoms with Crippen molar-refractivity contribution in [3.8, 4) is 11.5 Å². The zero-order chi connectivity index (χ0) is 17.1. The average molecular weight is 314 g/mol. The first kappa shape index (κ1) is 18.3. The summed E-state index contributed by atoms with van der Waals surface area (Å²) >= 11 is 0. The molecule has 0 saturated heterocycles. The molecule has 0 heterocycles. The van der Waals surface area contributed by atoms with Gasteiger partial charge in [0.25, 0.3) is 0 Å². The number of carbonyl (C=O) groups excluding carboxylic acids is 1. The second kappa shape index (κ2) is 10.1. The van der Waals surface area contributed by atoms with Crippen LogP contribution >= 0.6 is 0 Å². The van der Waals surface area contributed by atoms with Crippen molar-refractivity contribution in [2.24, 2.45) is 0 Å². The quantitative estimate of drug-likeness (QED) is 0.672. The molecule has 23 heavy (non-hydrogen) atoms. The average Bonchev–Trinajstić information content (AvgIpc) is 2.56. The molecule has 0 aliphatic heterocycles. The Morgan fingerprint density at radius 3 is 2.43 bits per heavy atom. The summed E-state index contributed by atoms with van der Waals surface area (Å²) in [4.78, 5) is 10.4. The predicted octanol–water partition coefficient (Wildman–Crippen LogP) is 3.88. The lowest BCUT2D eigenvalue weighted by atomic mass is 10.1. The van der Waals surface area contributed by atoms with Crippen molar-refractivity contribution in [1.29, 1.82) is 0 Å². The summed E-state index contributed by atoms with van der Waals surface area (Å²) < 4.78 is 9.74. The second-order valence-corrected chi connectivity index (χ2v) is 4.76. The van der Waals surface area contributed by atoms with Crippen LogP contribution in [0.25, 0.3) is 0 Å². The van der Waals surface area contributed by atoms with Gasteiger partial charge in [0.05, 0.1) is 7.11 Å². The van der Waals surface area contributed by atoms with Crippen LogP contribution in [0.15, 0.2) is 61.2 Å². The third-order valence-electron chi connectivity index (χ3n) is 2.91. The molecule has 4 heteroatoms. The first-order chi connectivity index (χ1) is 11.1. The number of allylic oxidation sites excluding steroid dienone is 1. The van der Waals surface area contributed by atoms with Crippen molar-refractivity contribution < 1.29 is 19.4 Å². The van der Waals surface area contributed by atoms with Crippen LogP contribution in [-0.2, 0) is 22.6 Å². The van der Waals surface area contributed by atoms with Gasteiger partial charge < -0.3 is 14.6 Å². The zero-order valence-corrected chi connectivity index (χ0v) is 13.5. The molecule has 122 valence electrons. The zero-order valence-electron chi connectivity index (χ0n) is 13.5. The maximum Gasteiger partial charge on any atom is 0.302 e. The number of methoxy groups -OCH3 is 1. The molecule has 2 aromatic rings.